The summed E-state index contributed by atoms with van der Waals surface area (Å²) in [7, 11) is 0. The van der Waals surface area contributed by atoms with Crippen LogP contribution >= 0.6 is 11.3 Å². The second-order valence-electron chi connectivity index (χ2n) is 7.67. The van der Waals surface area contributed by atoms with Crippen molar-refractivity contribution in [2.75, 3.05) is 13.1 Å². The van der Waals surface area contributed by atoms with Crippen LogP contribution in [0.15, 0.2) is 35.8 Å². The molecule has 3 heterocycles. The molecule has 0 atom stereocenters. The van der Waals surface area contributed by atoms with Gasteiger partial charge in [0.05, 0.1) is 17.5 Å². The van der Waals surface area contributed by atoms with E-state index in [0.29, 0.717) is 24.7 Å². The van der Waals surface area contributed by atoms with Gasteiger partial charge >= 0.3 is 6.18 Å². The predicted molar refractivity (Wildman–Crippen MR) is 109 cm³/mol. The van der Waals surface area contributed by atoms with Gasteiger partial charge in [-0.3, -0.25) is 4.79 Å². The van der Waals surface area contributed by atoms with Crippen LogP contribution in [-0.2, 0) is 6.18 Å². The Morgan fingerprint density at radius 2 is 1.83 bits per heavy atom. The van der Waals surface area contributed by atoms with Crippen LogP contribution < -0.4 is 0 Å². The number of aromatic nitrogens is 3. The summed E-state index contributed by atoms with van der Waals surface area (Å²) in [6.07, 6.45) is -2.16. The number of nitrogens with zero attached hydrogens (tertiary/aromatic N) is 4. The molecule has 158 valence electrons. The fourth-order valence-electron chi connectivity index (χ4n) is 3.52. The lowest BCUT2D eigenvalue weighted by Crippen LogP contribution is -2.38. The van der Waals surface area contributed by atoms with Gasteiger partial charge in [0.25, 0.3) is 5.91 Å². The van der Waals surface area contributed by atoms with E-state index in [1.807, 2.05) is 31.2 Å². The minimum atomic E-state index is -4.74. The Bertz CT molecular complexity index is 1050. The minimum absolute atomic E-state index is 0.0733. The Morgan fingerprint density at radius 3 is 2.47 bits per heavy atom. The molecule has 0 bridgehead atoms. The zero-order valence-corrected chi connectivity index (χ0v) is 17.4. The first-order valence-corrected chi connectivity index (χ1v) is 10.6. The maximum Gasteiger partial charge on any atom is 0.434 e. The first-order chi connectivity index (χ1) is 14.2. The van der Waals surface area contributed by atoms with Gasteiger partial charge in [-0.25, -0.2) is 9.67 Å². The molecule has 0 N–H and O–H groups in total. The molecule has 0 radical (unpaired) electrons. The summed E-state index contributed by atoms with van der Waals surface area (Å²) in [4.78, 5) is 18.7. The summed E-state index contributed by atoms with van der Waals surface area (Å²) in [5.74, 6) is -0.162. The van der Waals surface area contributed by atoms with Crippen molar-refractivity contribution in [2.45, 2.75) is 32.9 Å². The van der Waals surface area contributed by atoms with Crippen molar-refractivity contribution in [3.8, 4) is 16.4 Å². The average Bonchev–Trinajstić information content (AvgIpc) is 3.35. The van der Waals surface area contributed by atoms with Crippen LogP contribution in [-0.4, -0.2) is 38.7 Å². The quantitative estimate of drug-likeness (QED) is 0.570. The zero-order valence-electron chi connectivity index (χ0n) is 16.6. The molecule has 1 saturated heterocycles. The number of likely N-dealkylation sites (tertiary alicyclic amines) is 1. The molecule has 2 aromatic heterocycles. The normalized spacial score (nSPS) is 15.6. The van der Waals surface area contributed by atoms with Crippen molar-refractivity contribution in [1.29, 1.82) is 0 Å². The molecule has 0 saturated carbocycles. The molecule has 1 aromatic carbocycles. The molecule has 5 nitrogen and oxygen atoms in total. The Morgan fingerprint density at radius 1 is 1.17 bits per heavy atom. The van der Waals surface area contributed by atoms with Gasteiger partial charge in [-0.05, 0) is 25.7 Å². The largest absolute Gasteiger partial charge is 0.434 e. The Kier molecular flexibility index (Phi) is 5.40. The van der Waals surface area contributed by atoms with Crippen LogP contribution in [0.2, 0.25) is 0 Å². The van der Waals surface area contributed by atoms with Crippen molar-refractivity contribution in [3.05, 3.63) is 52.7 Å². The summed E-state index contributed by atoms with van der Waals surface area (Å²) in [5, 5.41) is 5.67. The van der Waals surface area contributed by atoms with E-state index in [9.17, 15) is 18.0 Å². The number of aryl methyl sites for hydroxylation is 1. The highest BCUT2D eigenvalue weighted by molar-refractivity contribution is 7.12. The SMILES string of the molecule is Cc1ccc(-c2csc(-n3ncc(C(=O)N4CCC(C)CC4)c3C(F)(F)F)n2)cc1. The zero-order chi connectivity index (χ0) is 21.5. The summed E-state index contributed by atoms with van der Waals surface area (Å²) < 4.78 is 42.5. The van der Waals surface area contributed by atoms with Crippen LogP contribution in [0.4, 0.5) is 13.2 Å². The number of thiazole rings is 1. The van der Waals surface area contributed by atoms with Gasteiger partial charge in [0, 0.05) is 24.0 Å². The van der Waals surface area contributed by atoms with Crippen LogP contribution in [0.3, 0.4) is 0 Å². The molecule has 9 heteroatoms. The van der Waals surface area contributed by atoms with E-state index in [4.69, 9.17) is 0 Å². The third kappa shape index (κ3) is 3.98. The number of carbonyl (C=O) groups is 1. The van der Waals surface area contributed by atoms with E-state index >= 15 is 0 Å². The van der Waals surface area contributed by atoms with Gasteiger partial charge < -0.3 is 4.90 Å². The fourth-order valence-corrected chi connectivity index (χ4v) is 4.32. The predicted octanol–water partition coefficient (Wildman–Crippen LogP) is 5.20. The third-order valence-electron chi connectivity index (χ3n) is 5.36. The molecule has 1 aliphatic rings. The lowest BCUT2D eigenvalue weighted by Gasteiger charge is -2.30. The molecule has 1 amide bonds. The maximum atomic E-state index is 13.9. The summed E-state index contributed by atoms with van der Waals surface area (Å²) in [5.41, 5.74) is 0.954. The Hall–Kier alpha value is -2.68. The van der Waals surface area contributed by atoms with Crippen molar-refractivity contribution >= 4 is 17.2 Å². The molecule has 0 spiro atoms. The first kappa shape index (κ1) is 20.6. The summed E-state index contributed by atoms with van der Waals surface area (Å²) in [6, 6.07) is 7.57. The number of halogens is 3. The van der Waals surface area contributed by atoms with Gasteiger partial charge in [0.15, 0.2) is 5.69 Å². The summed E-state index contributed by atoms with van der Waals surface area (Å²) in [6.45, 7) is 4.95. The van der Waals surface area contributed by atoms with Gasteiger partial charge in [-0.15, -0.1) is 11.3 Å². The van der Waals surface area contributed by atoms with Crippen LogP contribution in [0.5, 0.6) is 0 Å². The standard InChI is InChI=1S/C21H21F3N4OS/c1-13-3-5-15(6-4-13)17-12-30-20(26-17)28-18(21(22,23)24)16(11-25-28)19(29)27-9-7-14(2)8-10-27/h3-6,11-12,14H,7-10H2,1-2H3. The van der Waals surface area contributed by atoms with Crippen LogP contribution in [0.1, 0.15) is 41.4 Å². The lowest BCUT2D eigenvalue weighted by atomic mass is 9.98. The number of hydrogen-bond acceptors (Lipinski definition) is 4. The molecule has 0 unspecified atom stereocenters. The Labute approximate surface area is 176 Å². The molecule has 1 fully saturated rings. The number of benzene rings is 1. The molecular formula is C21H21F3N4OS. The highest BCUT2D eigenvalue weighted by Gasteiger charge is 2.42. The van der Waals surface area contributed by atoms with Crippen molar-refractivity contribution < 1.29 is 18.0 Å². The van der Waals surface area contributed by atoms with E-state index in [1.165, 1.54) is 4.90 Å². The molecule has 0 aliphatic carbocycles. The number of amides is 1. The second kappa shape index (κ2) is 7.86. The van der Waals surface area contributed by atoms with Gasteiger partial charge in [-0.2, -0.15) is 18.3 Å². The number of piperidine rings is 1. The van der Waals surface area contributed by atoms with E-state index < -0.39 is 23.3 Å². The van der Waals surface area contributed by atoms with Crippen LogP contribution in [0, 0.1) is 12.8 Å². The van der Waals surface area contributed by atoms with Gasteiger partial charge in [0.2, 0.25) is 5.13 Å². The van der Waals surface area contributed by atoms with Crippen molar-refractivity contribution in [2.24, 2.45) is 5.92 Å². The monoisotopic (exact) mass is 434 g/mol. The Balaban J connectivity index is 1.69. The van der Waals surface area contributed by atoms with Crippen molar-refractivity contribution in [3.63, 3.8) is 0 Å². The minimum Gasteiger partial charge on any atom is -0.339 e. The lowest BCUT2D eigenvalue weighted by molar-refractivity contribution is -0.143. The highest BCUT2D eigenvalue weighted by atomic mass is 32.1. The fraction of sp³-hybridized carbons (Fsp3) is 0.381. The first-order valence-electron chi connectivity index (χ1n) is 9.71. The number of hydrogen-bond donors (Lipinski definition) is 0. The van der Waals surface area contributed by atoms with E-state index in [-0.39, 0.29) is 5.13 Å². The molecule has 3 aromatic rings. The van der Waals surface area contributed by atoms with E-state index in [1.54, 1.807) is 5.38 Å². The molecule has 30 heavy (non-hydrogen) atoms. The molecule has 1 aliphatic heterocycles. The molecule has 4 rings (SSSR count). The van der Waals surface area contributed by atoms with Crippen molar-refractivity contribution in [1.82, 2.24) is 19.7 Å². The van der Waals surface area contributed by atoms with Gasteiger partial charge in [-0.1, -0.05) is 36.8 Å². The van der Waals surface area contributed by atoms with E-state index in [0.717, 1.165) is 46.2 Å². The highest BCUT2D eigenvalue weighted by Crippen LogP contribution is 2.36. The topological polar surface area (TPSA) is 51.0 Å². The number of carbonyl (C=O) groups excluding carboxylic acids is 1. The van der Waals surface area contributed by atoms with Crippen LogP contribution in [0.25, 0.3) is 16.4 Å². The van der Waals surface area contributed by atoms with E-state index in [2.05, 4.69) is 17.0 Å². The van der Waals surface area contributed by atoms with Gasteiger partial charge in [0.1, 0.15) is 0 Å². The summed E-state index contributed by atoms with van der Waals surface area (Å²) >= 11 is 1.06. The second-order valence-corrected chi connectivity index (χ2v) is 8.51. The average molecular weight is 434 g/mol. The number of alkyl halides is 3. The third-order valence-corrected chi connectivity index (χ3v) is 6.18. The molecular weight excluding hydrogens is 413 g/mol. The smallest absolute Gasteiger partial charge is 0.339 e. The maximum absolute atomic E-state index is 13.9. The number of rotatable bonds is 3.